The molecule has 21 heavy (non-hydrogen) atoms. The maximum absolute atomic E-state index is 12.4. The van der Waals surface area contributed by atoms with E-state index in [0.717, 1.165) is 37.9 Å². The number of piperidine rings is 1. The maximum Gasteiger partial charge on any atom is 0.253 e. The van der Waals surface area contributed by atoms with E-state index in [9.17, 15) is 4.79 Å². The predicted molar refractivity (Wildman–Crippen MR) is 83.0 cm³/mol. The van der Waals surface area contributed by atoms with Gasteiger partial charge in [0.05, 0.1) is 0 Å². The molecule has 1 aliphatic rings. The van der Waals surface area contributed by atoms with Gasteiger partial charge in [-0.05, 0) is 55.0 Å². The predicted octanol–water partition coefficient (Wildman–Crippen LogP) is 3.18. The second-order valence-corrected chi connectivity index (χ2v) is 5.66. The molecule has 0 aliphatic carbocycles. The molecule has 0 radical (unpaired) electrons. The fraction of sp³-hybridized carbons (Fsp3) is 0.333. The number of carbonyl (C=O) groups excluding carboxylic acids is 1. The van der Waals surface area contributed by atoms with Gasteiger partial charge in [-0.3, -0.25) is 9.78 Å². The van der Waals surface area contributed by atoms with Crippen LogP contribution in [0.3, 0.4) is 0 Å². The number of pyridine rings is 1. The molecule has 1 aromatic heterocycles. The maximum atomic E-state index is 12.4. The number of rotatable bonds is 3. The van der Waals surface area contributed by atoms with Gasteiger partial charge in [0.25, 0.3) is 5.91 Å². The molecule has 1 saturated heterocycles. The second-order valence-electron chi connectivity index (χ2n) is 5.66. The van der Waals surface area contributed by atoms with E-state index < -0.39 is 0 Å². The first-order valence-corrected chi connectivity index (χ1v) is 7.56. The Kier molecular flexibility index (Phi) is 4.29. The molecule has 0 N–H and O–H groups in total. The first kappa shape index (κ1) is 13.8. The number of carbonyl (C=O) groups is 1. The zero-order chi connectivity index (χ0) is 14.5. The minimum atomic E-state index is 0.165. The van der Waals surface area contributed by atoms with E-state index in [1.54, 1.807) is 0 Å². The van der Waals surface area contributed by atoms with Crippen molar-refractivity contribution >= 4 is 5.91 Å². The largest absolute Gasteiger partial charge is 0.339 e. The molecular weight excluding hydrogens is 260 g/mol. The summed E-state index contributed by atoms with van der Waals surface area (Å²) in [6.07, 6.45) is 6.96. The van der Waals surface area contributed by atoms with Crippen LogP contribution in [0.2, 0.25) is 0 Å². The minimum absolute atomic E-state index is 0.165. The van der Waals surface area contributed by atoms with E-state index in [0.29, 0.717) is 5.92 Å². The summed E-state index contributed by atoms with van der Waals surface area (Å²) in [6, 6.07) is 13.7. The quantitative estimate of drug-likeness (QED) is 0.865. The summed E-state index contributed by atoms with van der Waals surface area (Å²) >= 11 is 0. The molecule has 0 bridgehead atoms. The number of amides is 1. The Hall–Kier alpha value is -2.16. The van der Waals surface area contributed by atoms with E-state index >= 15 is 0 Å². The van der Waals surface area contributed by atoms with Crippen LogP contribution in [0.4, 0.5) is 0 Å². The van der Waals surface area contributed by atoms with Crippen molar-refractivity contribution in [2.24, 2.45) is 5.92 Å². The first-order valence-electron chi connectivity index (χ1n) is 7.56. The lowest BCUT2D eigenvalue weighted by Gasteiger charge is -2.32. The molecule has 0 unspecified atom stereocenters. The van der Waals surface area contributed by atoms with Gasteiger partial charge in [0, 0.05) is 31.0 Å². The van der Waals surface area contributed by atoms with Crippen molar-refractivity contribution in [3.63, 3.8) is 0 Å². The summed E-state index contributed by atoms with van der Waals surface area (Å²) in [7, 11) is 0. The summed E-state index contributed by atoms with van der Waals surface area (Å²) in [4.78, 5) is 18.4. The minimum Gasteiger partial charge on any atom is -0.339 e. The smallest absolute Gasteiger partial charge is 0.253 e. The first-order chi connectivity index (χ1) is 10.3. The molecule has 2 aromatic rings. The summed E-state index contributed by atoms with van der Waals surface area (Å²) in [5.41, 5.74) is 2.14. The molecule has 0 atom stereocenters. The highest BCUT2D eigenvalue weighted by Crippen LogP contribution is 2.22. The van der Waals surface area contributed by atoms with Crippen LogP contribution in [0, 0.1) is 5.92 Å². The second kappa shape index (κ2) is 6.53. The van der Waals surface area contributed by atoms with Crippen molar-refractivity contribution in [1.82, 2.24) is 9.88 Å². The van der Waals surface area contributed by atoms with Crippen LogP contribution >= 0.6 is 0 Å². The van der Waals surface area contributed by atoms with Crippen LogP contribution in [-0.4, -0.2) is 28.9 Å². The van der Waals surface area contributed by atoms with Crippen LogP contribution < -0.4 is 0 Å². The van der Waals surface area contributed by atoms with Gasteiger partial charge in [-0.25, -0.2) is 0 Å². The number of hydrogen-bond acceptors (Lipinski definition) is 2. The Labute approximate surface area is 125 Å². The number of likely N-dealkylation sites (tertiary alicyclic amines) is 1. The molecule has 2 heterocycles. The summed E-state index contributed by atoms with van der Waals surface area (Å²) in [5, 5.41) is 0. The van der Waals surface area contributed by atoms with Crippen molar-refractivity contribution in [3.05, 3.63) is 66.0 Å². The fourth-order valence-corrected chi connectivity index (χ4v) is 2.96. The normalized spacial score (nSPS) is 15.9. The average Bonchev–Trinajstić information content (AvgIpc) is 2.57. The van der Waals surface area contributed by atoms with Crippen molar-refractivity contribution in [3.8, 4) is 0 Å². The molecule has 0 spiro atoms. The summed E-state index contributed by atoms with van der Waals surface area (Å²) in [5.74, 6) is 0.838. The SMILES string of the molecule is O=C(c1ccccc1)N1CCC(Cc2ccncc2)CC1. The average molecular weight is 280 g/mol. The Morgan fingerprint density at radius 2 is 1.71 bits per heavy atom. The van der Waals surface area contributed by atoms with Crippen LogP contribution in [0.5, 0.6) is 0 Å². The van der Waals surface area contributed by atoms with Crippen LogP contribution in [0.15, 0.2) is 54.9 Å². The number of benzene rings is 1. The number of nitrogens with zero attached hydrogens (tertiary/aromatic N) is 2. The van der Waals surface area contributed by atoms with Gasteiger partial charge in [0.1, 0.15) is 0 Å². The van der Waals surface area contributed by atoms with E-state index in [2.05, 4.69) is 17.1 Å². The number of hydrogen-bond donors (Lipinski definition) is 0. The van der Waals surface area contributed by atoms with E-state index in [1.165, 1.54) is 5.56 Å². The van der Waals surface area contributed by atoms with Crippen molar-refractivity contribution in [2.75, 3.05) is 13.1 Å². The third-order valence-electron chi connectivity index (χ3n) is 4.20. The standard InChI is InChI=1S/C18H20N2O/c21-18(17-4-2-1-3-5-17)20-12-8-16(9-13-20)14-15-6-10-19-11-7-15/h1-7,10-11,16H,8-9,12-14H2. The van der Waals surface area contributed by atoms with Crippen LogP contribution in [0.25, 0.3) is 0 Å². The third kappa shape index (κ3) is 3.48. The van der Waals surface area contributed by atoms with Crippen molar-refractivity contribution in [2.45, 2.75) is 19.3 Å². The highest BCUT2D eigenvalue weighted by molar-refractivity contribution is 5.94. The molecule has 1 fully saturated rings. The van der Waals surface area contributed by atoms with E-state index in [-0.39, 0.29) is 5.91 Å². The Bertz CT molecular complexity index is 575. The Balaban J connectivity index is 1.54. The highest BCUT2D eigenvalue weighted by atomic mass is 16.2. The van der Waals surface area contributed by atoms with Gasteiger partial charge in [-0.2, -0.15) is 0 Å². The van der Waals surface area contributed by atoms with Crippen LogP contribution in [0.1, 0.15) is 28.8 Å². The third-order valence-corrected chi connectivity index (χ3v) is 4.20. The zero-order valence-electron chi connectivity index (χ0n) is 12.1. The van der Waals surface area contributed by atoms with Crippen molar-refractivity contribution in [1.29, 1.82) is 0 Å². The van der Waals surface area contributed by atoms with Gasteiger partial charge in [-0.1, -0.05) is 18.2 Å². The highest BCUT2D eigenvalue weighted by Gasteiger charge is 2.23. The van der Waals surface area contributed by atoms with Gasteiger partial charge in [0.15, 0.2) is 0 Å². The summed E-state index contributed by atoms with van der Waals surface area (Å²) in [6.45, 7) is 1.73. The van der Waals surface area contributed by atoms with Crippen molar-refractivity contribution < 1.29 is 4.79 Å². The Morgan fingerprint density at radius 1 is 1.05 bits per heavy atom. The fourth-order valence-electron chi connectivity index (χ4n) is 2.96. The number of aromatic nitrogens is 1. The molecular formula is C18H20N2O. The monoisotopic (exact) mass is 280 g/mol. The van der Waals surface area contributed by atoms with Gasteiger partial charge in [0.2, 0.25) is 0 Å². The van der Waals surface area contributed by atoms with E-state index in [1.807, 2.05) is 47.6 Å². The van der Waals surface area contributed by atoms with Gasteiger partial charge >= 0.3 is 0 Å². The topological polar surface area (TPSA) is 33.2 Å². The Morgan fingerprint density at radius 3 is 2.38 bits per heavy atom. The van der Waals surface area contributed by atoms with Crippen LogP contribution in [-0.2, 0) is 6.42 Å². The van der Waals surface area contributed by atoms with Gasteiger partial charge < -0.3 is 4.90 Å². The zero-order valence-corrected chi connectivity index (χ0v) is 12.1. The molecule has 0 saturated carbocycles. The van der Waals surface area contributed by atoms with E-state index in [4.69, 9.17) is 0 Å². The lowest BCUT2D eigenvalue weighted by molar-refractivity contribution is 0.0690. The molecule has 1 aliphatic heterocycles. The lowest BCUT2D eigenvalue weighted by Crippen LogP contribution is -2.38. The molecule has 3 rings (SSSR count). The molecule has 1 aromatic carbocycles. The molecule has 1 amide bonds. The van der Waals surface area contributed by atoms with Gasteiger partial charge in [-0.15, -0.1) is 0 Å². The lowest BCUT2D eigenvalue weighted by atomic mass is 9.90. The summed E-state index contributed by atoms with van der Waals surface area (Å²) < 4.78 is 0. The molecule has 108 valence electrons. The molecule has 3 heteroatoms. The molecule has 3 nitrogen and oxygen atoms in total.